The minimum atomic E-state index is 0.0844. The van der Waals surface area contributed by atoms with Gasteiger partial charge in [-0.1, -0.05) is 23.8 Å². The van der Waals surface area contributed by atoms with E-state index >= 15 is 0 Å². The van der Waals surface area contributed by atoms with E-state index in [1.54, 1.807) is 24.7 Å². The summed E-state index contributed by atoms with van der Waals surface area (Å²) in [4.78, 5) is 29.0. The standard InChI is InChI=1S/C25H26N4O2/c1-17-6-10-20(24-27-13-4-14-28-24)21(15-17)25(30)29-19-8-7-18(22(29)11-9-19)16-31-23-5-2-3-12-26-23/h2-6,10,12-15,18-19,22H,7-9,11,16H2,1H3/t18-,19?,22?/m1/s1. The molecule has 2 aliphatic rings. The first-order chi connectivity index (χ1) is 15.2. The van der Waals surface area contributed by atoms with Crippen LogP contribution in [-0.4, -0.2) is 44.4 Å². The second kappa shape index (κ2) is 8.46. The Morgan fingerprint density at radius 3 is 2.61 bits per heavy atom. The van der Waals surface area contributed by atoms with Crippen molar-refractivity contribution in [2.45, 2.75) is 44.7 Å². The first-order valence-electron chi connectivity index (χ1n) is 11.0. The minimum Gasteiger partial charge on any atom is -0.477 e. The molecule has 2 aromatic heterocycles. The molecule has 31 heavy (non-hydrogen) atoms. The summed E-state index contributed by atoms with van der Waals surface area (Å²) in [6.07, 6.45) is 9.34. The minimum absolute atomic E-state index is 0.0844. The van der Waals surface area contributed by atoms with Crippen LogP contribution in [0.15, 0.2) is 61.1 Å². The molecule has 3 atom stereocenters. The van der Waals surface area contributed by atoms with Crippen molar-refractivity contribution in [3.63, 3.8) is 0 Å². The van der Waals surface area contributed by atoms with Crippen LogP contribution < -0.4 is 4.74 Å². The second-order valence-electron chi connectivity index (χ2n) is 8.45. The summed E-state index contributed by atoms with van der Waals surface area (Å²) < 4.78 is 5.97. The number of nitrogens with zero attached hydrogens (tertiary/aromatic N) is 4. The van der Waals surface area contributed by atoms with Crippen LogP contribution in [0.4, 0.5) is 0 Å². The predicted octanol–water partition coefficient (Wildman–Crippen LogP) is 4.31. The molecule has 2 bridgehead atoms. The molecule has 5 rings (SSSR count). The van der Waals surface area contributed by atoms with Gasteiger partial charge in [-0.05, 0) is 50.8 Å². The van der Waals surface area contributed by atoms with Crippen molar-refractivity contribution in [3.8, 4) is 17.3 Å². The molecule has 6 nitrogen and oxygen atoms in total. The van der Waals surface area contributed by atoms with Crippen molar-refractivity contribution >= 4 is 5.91 Å². The van der Waals surface area contributed by atoms with Gasteiger partial charge in [0, 0.05) is 48.2 Å². The third-order valence-electron chi connectivity index (χ3n) is 6.49. The number of piperidine rings is 1. The number of amides is 1. The van der Waals surface area contributed by atoms with Crippen LogP contribution in [0.3, 0.4) is 0 Å². The van der Waals surface area contributed by atoms with Crippen LogP contribution in [0.25, 0.3) is 11.4 Å². The SMILES string of the molecule is Cc1ccc(-c2ncccn2)c(C(=O)N2C3CCC2[C@@H](COc2ccccn2)CC3)c1. The molecule has 0 saturated carbocycles. The van der Waals surface area contributed by atoms with Gasteiger partial charge in [-0.3, -0.25) is 4.79 Å². The Morgan fingerprint density at radius 1 is 1.00 bits per heavy atom. The van der Waals surface area contributed by atoms with Gasteiger partial charge in [-0.25, -0.2) is 15.0 Å². The number of rotatable bonds is 5. The highest BCUT2D eigenvalue weighted by atomic mass is 16.5. The number of carbonyl (C=O) groups excluding carboxylic acids is 1. The van der Waals surface area contributed by atoms with E-state index in [1.807, 2.05) is 43.3 Å². The van der Waals surface area contributed by atoms with E-state index in [0.29, 0.717) is 35.8 Å². The Morgan fingerprint density at radius 2 is 1.81 bits per heavy atom. The number of carbonyl (C=O) groups is 1. The Balaban J connectivity index is 1.41. The largest absolute Gasteiger partial charge is 0.477 e. The third kappa shape index (κ3) is 3.90. The number of aromatic nitrogens is 3. The van der Waals surface area contributed by atoms with Gasteiger partial charge in [0.05, 0.1) is 12.2 Å². The van der Waals surface area contributed by atoms with E-state index in [-0.39, 0.29) is 11.9 Å². The summed E-state index contributed by atoms with van der Waals surface area (Å²) in [5.74, 6) is 1.63. The van der Waals surface area contributed by atoms with E-state index in [0.717, 1.165) is 36.8 Å². The fraction of sp³-hybridized carbons (Fsp3) is 0.360. The molecule has 1 aromatic carbocycles. The van der Waals surface area contributed by atoms with Gasteiger partial charge < -0.3 is 9.64 Å². The first kappa shape index (κ1) is 19.7. The maximum Gasteiger partial charge on any atom is 0.255 e. The highest BCUT2D eigenvalue weighted by Gasteiger charge is 2.45. The van der Waals surface area contributed by atoms with E-state index in [1.165, 1.54) is 0 Å². The van der Waals surface area contributed by atoms with E-state index in [9.17, 15) is 4.79 Å². The molecule has 0 radical (unpaired) electrons. The summed E-state index contributed by atoms with van der Waals surface area (Å²) >= 11 is 0. The Bertz CT molecular complexity index is 1060. The van der Waals surface area contributed by atoms with Crippen molar-refractivity contribution in [2.75, 3.05) is 6.61 Å². The Labute approximate surface area is 182 Å². The fourth-order valence-corrected chi connectivity index (χ4v) is 5.00. The zero-order chi connectivity index (χ0) is 21.2. The maximum absolute atomic E-state index is 13.8. The topological polar surface area (TPSA) is 68.2 Å². The molecule has 158 valence electrons. The van der Waals surface area contributed by atoms with Crippen LogP contribution in [0.2, 0.25) is 0 Å². The average Bonchev–Trinajstić information content (AvgIpc) is 3.13. The van der Waals surface area contributed by atoms with Gasteiger partial charge in [-0.2, -0.15) is 0 Å². The number of aryl methyl sites for hydroxylation is 1. The zero-order valence-electron chi connectivity index (χ0n) is 17.6. The van der Waals surface area contributed by atoms with Crippen molar-refractivity contribution in [3.05, 3.63) is 72.2 Å². The number of pyridine rings is 1. The number of benzene rings is 1. The molecule has 4 heterocycles. The normalized spacial score (nSPS) is 22.4. The summed E-state index contributed by atoms with van der Waals surface area (Å²) in [6.45, 7) is 2.60. The predicted molar refractivity (Wildman–Crippen MR) is 118 cm³/mol. The van der Waals surface area contributed by atoms with Gasteiger partial charge in [0.25, 0.3) is 5.91 Å². The van der Waals surface area contributed by atoms with Gasteiger partial charge in [0.2, 0.25) is 5.88 Å². The van der Waals surface area contributed by atoms with Crippen molar-refractivity contribution in [2.24, 2.45) is 5.92 Å². The monoisotopic (exact) mass is 414 g/mol. The summed E-state index contributed by atoms with van der Waals surface area (Å²) in [5, 5.41) is 0. The van der Waals surface area contributed by atoms with Gasteiger partial charge in [0.1, 0.15) is 0 Å². The van der Waals surface area contributed by atoms with Crippen LogP contribution in [0.1, 0.15) is 41.6 Å². The number of hydrogen-bond acceptors (Lipinski definition) is 5. The Kier molecular flexibility index (Phi) is 5.37. The fourth-order valence-electron chi connectivity index (χ4n) is 5.00. The molecule has 0 aliphatic carbocycles. The molecule has 0 N–H and O–H groups in total. The lowest BCUT2D eigenvalue weighted by atomic mass is 9.89. The molecule has 1 amide bonds. The third-order valence-corrected chi connectivity index (χ3v) is 6.49. The molecule has 3 aromatic rings. The van der Waals surface area contributed by atoms with E-state index in [2.05, 4.69) is 19.9 Å². The van der Waals surface area contributed by atoms with Crippen molar-refractivity contribution in [1.82, 2.24) is 19.9 Å². The lowest BCUT2D eigenvalue weighted by Crippen LogP contribution is -2.49. The molecule has 2 fully saturated rings. The summed E-state index contributed by atoms with van der Waals surface area (Å²) in [6, 6.07) is 13.9. The maximum atomic E-state index is 13.8. The quantitative estimate of drug-likeness (QED) is 0.622. The molecular weight excluding hydrogens is 388 g/mol. The average molecular weight is 415 g/mol. The smallest absolute Gasteiger partial charge is 0.255 e. The van der Waals surface area contributed by atoms with Crippen LogP contribution in [0, 0.1) is 12.8 Å². The van der Waals surface area contributed by atoms with Gasteiger partial charge >= 0.3 is 0 Å². The summed E-state index contributed by atoms with van der Waals surface area (Å²) in [7, 11) is 0. The number of ether oxygens (including phenoxy) is 1. The van der Waals surface area contributed by atoms with Crippen LogP contribution >= 0.6 is 0 Å². The molecule has 2 saturated heterocycles. The molecule has 6 heteroatoms. The first-order valence-corrected chi connectivity index (χ1v) is 11.0. The van der Waals surface area contributed by atoms with Gasteiger partial charge in [-0.15, -0.1) is 0 Å². The van der Waals surface area contributed by atoms with E-state index in [4.69, 9.17) is 4.74 Å². The van der Waals surface area contributed by atoms with E-state index < -0.39 is 0 Å². The summed E-state index contributed by atoms with van der Waals surface area (Å²) in [5.41, 5.74) is 2.54. The molecule has 2 unspecified atom stereocenters. The molecule has 2 aliphatic heterocycles. The highest BCUT2D eigenvalue weighted by Crippen LogP contribution is 2.41. The lowest BCUT2D eigenvalue weighted by Gasteiger charge is -2.40. The van der Waals surface area contributed by atoms with Crippen molar-refractivity contribution in [1.29, 1.82) is 0 Å². The molecular formula is C25H26N4O2. The highest BCUT2D eigenvalue weighted by molar-refractivity contribution is 6.01. The number of hydrogen-bond donors (Lipinski definition) is 0. The van der Waals surface area contributed by atoms with Gasteiger partial charge in [0.15, 0.2) is 5.82 Å². The lowest BCUT2D eigenvalue weighted by molar-refractivity contribution is 0.0404. The van der Waals surface area contributed by atoms with Crippen LogP contribution in [0.5, 0.6) is 5.88 Å². The number of fused-ring (bicyclic) bond motifs is 2. The zero-order valence-corrected chi connectivity index (χ0v) is 17.6. The Hall–Kier alpha value is -3.28. The molecule has 0 spiro atoms. The van der Waals surface area contributed by atoms with Crippen LogP contribution in [-0.2, 0) is 0 Å². The second-order valence-corrected chi connectivity index (χ2v) is 8.45. The van der Waals surface area contributed by atoms with Crippen molar-refractivity contribution < 1.29 is 9.53 Å².